The Morgan fingerprint density at radius 2 is 2.11 bits per heavy atom. The lowest BCUT2D eigenvalue weighted by atomic mass is 10.0. The highest BCUT2D eigenvalue weighted by Gasteiger charge is 2.34. The molecule has 8 nitrogen and oxygen atoms in total. The van der Waals surface area contributed by atoms with Gasteiger partial charge < -0.3 is 10.0 Å². The van der Waals surface area contributed by atoms with E-state index in [1.165, 1.54) is 11.0 Å². The molecule has 1 aliphatic rings. The lowest BCUT2D eigenvalue weighted by molar-refractivity contribution is 0.0783. The molecule has 1 amide bonds. The molecule has 3 aromatic rings. The smallest absolute Gasteiger partial charge is 0.289 e. The lowest BCUT2D eigenvalue weighted by Crippen LogP contribution is -2.35. The average Bonchev–Trinajstić information content (AvgIpc) is 3.40. The Kier molecular flexibility index (Phi) is 7.97. The summed E-state index contributed by atoms with van der Waals surface area (Å²) in [5.41, 5.74) is 0.821. The summed E-state index contributed by atoms with van der Waals surface area (Å²) in [4.78, 5) is 36.5. The largest absolute Gasteiger partial charge is 0.494 e. The minimum atomic E-state index is -0.756. The maximum absolute atomic E-state index is 13.5. The zero-order valence-electron chi connectivity index (χ0n) is 21.0. The molecule has 0 saturated carbocycles. The molecule has 9 heteroatoms. The van der Waals surface area contributed by atoms with E-state index in [1.54, 1.807) is 28.8 Å². The van der Waals surface area contributed by atoms with Crippen LogP contribution in [0.25, 0.3) is 0 Å². The predicted molar refractivity (Wildman–Crippen MR) is 136 cm³/mol. The Morgan fingerprint density at radius 1 is 1.30 bits per heavy atom. The number of benzene rings is 1. The molecule has 0 aliphatic carbocycles. The lowest BCUT2D eigenvalue weighted by Gasteiger charge is -2.26. The Balaban J connectivity index is 1.73. The molecule has 192 valence electrons. The van der Waals surface area contributed by atoms with E-state index in [4.69, 9.17) is 0 Å². The Morgan fingerprint density at radius 3 is 2.78 bits per heavy atom. The SMILES string of the molecule is CCCCc1nc(=O)c(C(=O)N2CCC(c3ccc(F)cn3)C2)c(O)n1[C@H](CC)c1cccc(C#N)c1. The van der Waals surface area contributed by atoms with Crippen LogP contribution in [0.4, 0.5) is 4.39 Å². The second kappa shape index (κ2) is 11.3. The quantitative estimate of drug-likeness (QED) is 0.490. The van der Waals surface area contributed by atoms with Gasteiger partial charge in [0.2, 0.25) is 5.88 Å². The van der Waals surface area contributed by atoms with Gasteiger partial charge in [0.25, 0.3) is 11.5 Å². The van der Waals surface area contributed by atoms with E-state index < -0.39 is 29.2 Å². The van der Waals surface area contributed by atoms with Gasteiger partial charge in [-0.05, 0) is 49.1 Å². The van der Waals surface area contributed by atoms with Crippen LogP contribution in [0.2, 0.25) is 0 Å². The van der Waals surface area contributed by atoms with Gasteiger partial charge in [-0.1, -0.05) is 32.4 Å². The van der Waals surface area contributed by atoms with Crippen molar-refractivity contribution in [2.45, 2.75) is 57.9 Å². The number of carbonyl (C=O) groups is 1. The Hall–Kier alpha value is -4.06. The van der Waals surface area contributed by atoms with Gasteiger partial charge in [0.05, 0.1) is 23.9 Å². The summed E-state index contributed by atoms with van der Waals surface area (Å²) < 4.78 is 14.9. The maximum atomic E-state index is 13.5. The number of hydrogen-bond acceptors (Lipinski definition) is 6. The third kappa shape index (κ3) is 5.38. The highest BCUT2D eigenvalue weighted by molar-refractivity contribution is 5.96. The summed E-state index contributed by atoms with van der Waals surface area (Å²) in [5.74, 6) is -1.11. The molecule has 1 fully saturated rings. The van der Waals surface area contributed by atoms with Crippen molar-refractivity contribution in [2.75, 3.05) is 13.1 Å². The van der Waals surface area contributed by atoms with E-state index in [-0.39, 0.29) is 11.5 Å². The molecule has 1 aromatic carbocycles. The van der Waals surface area contributed by atoms with Crippen molar-refractivity contribution >= 4 is 5.91 Å². The topological polar surface area (TPSA) is 112 Å². The molecule has 2 aromatic heterocycles. The van der Waals surface area contributed by atoms with Gasteiger partial charge in [0.1, 0.15) is 11.6 Å². The number of pyridine rings is 1. The summed E-state index contributed by atoms with van der Waals surface area (Å²) in [5, 5.41) is 20.8. The van der Waals surface area contributed by atoms with Gasteiger partial charge in [-0.2, -0.15) is 10.2 Å². The van der Waals surface area contributed by atoms with Gasteiger partial charge >= 0.3 is 0 Å². The summed E-state index contributed by atoms with van der Waals surface area (Å²) in [6.45, 7) is 4.64. The second-order valence-corrected chi connectivity index (χ2v) is 9.30. The van der Waals surface area contributed by atoms with E-state index in [2.05, 4.69) is 16.0 Å². The summed E-state index contributed by atoms with van der Waals surface area (Å²) in [6.07, 6.45) is 4.39. The molecular weight excluding hydrogens is 473 g/mol. The van der Waals surface area contributed by atoms with E-state index in [1.807, 2.05) is 19.9 Å². The molecule has 3 heterocycles. The minimum Gasteiger partial charge on any atom is -0.494 e. The van der Waals surface area contributed by atoms with Gasteiger partial charge in [-0.3, -0.25) is 19.1 Å². The third-order valence-electron chi connectivity index (χ3n) is 6.89. The van der Waals surface area contributed by atoms with Crippen LogP contribution in [0.5, 0.6) is 5.88 Å². The number of nitriles is 1. The van der Waals surface area contributed by atoms with Crippen molar-refractivity contribution in [2.24, 2.45) is 0 Å². The summed E-state index contributed by atoms with van der Waals surface area (Å²) >= 11 is 0. The second-order valence-electron chi connectivity index (χ2n) is 9.30. The van der Waals surface area contributed by atoms with Gasteiger partial charge in [0.15, 0.2) is 5.56 Å². The first kappa shape index (κ1) is 26.0. The minimum absolute atomic E-state index is 0.0946. The number of nitrogens with zero attached hydrogens (tertiary/aromatic N) is 5. The van der Waals surface area contributed by atoms with E-state index in [0.717, 1.165) is 24.6 Å². The van der Waals surface area contributed by atoms with Crippen LogP contribution in [-0.2, 0) is 6.42 Å². The maximum Gasteiger partial charge on any atom is 0.289 e. The van der Waals surface area contributed by atoms with Crippen molar-refractivity contribution in [3.05, 3.63) is 87.0 Å². The fourth-order valence-electron chi connectivity index (χ4n) is 4.95. The highest BCUT2D eigenvalue weighted by atomic mass is 19.1. The highest BCUT2D eigenvalue weighted by Crippen LogP contribution is 2.32. The van der Waals surface area contributed by atoms with Gasteiger partial charge in [-0.25, -0.2) is 4.39 Å². The number of likely N-dealkylation sites (tertiary alicyclic amines) is 1. The predicted octanol–water partition coefficient (Wildman–Crippen LogP) is 4.33. The average molecular weight is 504 g/mol. The monoisotopic (exact) mass is 503 g/mol. The van der Waals surface area contributed by atoms with Crippen LogP contribution in [0.15, 0.2) is 47.4 Å². The summed E-state index contributed by atoms with van der Waals surface area (Å²) in [7, 11) is 0. The normalized spacial score (nSPS) is 15.9. The van der Waals surface area contributed by atoms with E-state index in [0.29, 0.717) is 49.4 Å². The molecule has 0 spiro atoms. The molecule has 0 bridgehead atoms. The van der Waals surface area contributed by atoms with Crippen molar-refractivity contribution < 1.29 is 14.3 Å². The zero-order valence-corrected chi connectivity index (χ0v) is 21.0. The number of amides is 1. The van der Waals surface area contributed by atoms with Crippen LogP contribution < -0.4 is 5.56 Å². The molecule has 4 rings (SSSR count). The standard InChI is InChI=1S/C28H30FN5O3/c1-3-5-9-24-32-26(35)25(27(36)33-13-12-20(17-33)22-11-10-21(29)16-31-22)28(37)34(24)23(4-2)19-8-6-7-18(14-19)15-30/h6-8,10-11,14,16,20,23,37H,3-5,9,12-13,17H2,1-2H3/t20?,23-/m1/s1. The van der Waals surface area contributed by atoms with Crippen molar-refractivity contribution in [3.8, 4) is 11.9 Å². The molecule has 1 N–H and O–H groups in total. The van der Waals surface area contributed by atoms with Crippen LogP contribution in [0, 0.1) is 17.1 Å². The number of hydrogen-bond donors (Lipinski definition) is 1. The molecule has 37 heavy (non-hydrogen) atoms. The number of halogens is 1. The number of aromatic nitrogens is 3. The first-order chi connectivity index (χ1) is 17.9. The van der Waals surface area contributed by atoms with Gasteiger partial charge in [0, 0.05) is 31.1 Å². The fraction of sp³-hybridized carbons (Fsp3) is 0.393. The molecule has 0 radical (unpaired) electrons. The number of aromatic hydroxyl groups is 1. The van der Waals surface area contributed by atoms with Gasteiger partial charge in [-0.15, -0.1) is 0 Å². The van der Waals surface area contributed by atoms with E-state index in [9.17, 15) is 24.3 Å². The van der Waals surface area contributed by atoms with Crippen molar-refractivity contribution in [3.63, 3.8) is 0 Å². The van der Waals surface area contributed by atoms with Crippen LogP contribution in [0.1, 0.15) is 84.5 Å². The first-order valence-electron chi connectivity index (χ1n) is 12.6. The van der Waals surface area contributed by atoms with Crippen molar-refractivity contribution in [1.82, 2.24) is 19.4 Å². The van der Waals surface area contributed by atoms with Crippen LogP contribution >= 0.6 is 0 Å². The number of unbranched alkanes of at least 4 members (excludes halogenated alkanes) is 1. The fourth-order valence-corrected chi connectivity index (χ4v) is 4.95. The van der Waals surface area contributed by atoms with Crippen LogP contribution in [0.3, 0.4) is 0 Å². The molecule has 2 atom stereocenters. The summed E-state index contributed by atoms with van der Waals surface area (Å²) in [6, 6.07) is 11.7. The first-order valence-corrected chi connectivity index (χ1v) is 12.6. The number of aryl methyl sites for hydroxylation is 1. The zero-order chi connectivity index (χ0) is 26.5. The molecule has 1 saturated heterocycles. The number of rotatable bonds is 8. The number of carbonyl (C=O) groups excluding carboxylic acids is 1. The molecule has 1 unspecified atom stereocenters. The Bertz CT molecular complexity index is 1380. The van der Waals surface area contributed by atoms with Crippen molar-refractivity contribution in [1.29, 1.82) is 5.26 Å². The molecular formula is C28H30FN5O3. The third-order valence-corrected chi connectivity index (χ3v) is 6.89. The van der Waals surface area contributed by atoms with Crippen LogP contribution in [-0.4, -0.2) is 43.5 Å². The molecule has 1 aliphatic heterocycles. The van der Waals surface area contributed by atoms with E-state index >= 15 is 0 Å². The Labute approximate surface area is 215 Å².